The summed E-state index contributed by atoms with van der Waals surface area (Å²) in [4.78, 5) is 0. The quantitative estimate of drug-likeness (QED) is 0.679. The van der Waals surface area contributed by atoms with E-state index < -0.39 is 0 Å². The molecular formula is C17H22OS. The number of thiophene rings is 1. The fraction of sp³-hybridized carbons (Fsp3) is 0.529. The maximum Gasteiger partial charge on any atom is 0.120 e. The molecule has 1 aromatic carbocycles. The Bertz CT molecular complexity index is 535. The van der Waals surface area contributed by atoms with Crippen molar-refractivity contribution < 1.29 is 4.74 Å². The zero-order chi connectivity index (χ0) is 13.1. The second-order valence-corrected chi connectivity index (χ2v) is 6.60. The molecule has 1 nitrogen and oxygen atoms in total. The van der Waals surface area contributed by atoms with Crippen LogP contribution in [-0.2, 0) is 6.42 Å². The lowest BCUT2D eigenvalue weighted by Crippen LogP contribution is -2.02. The first kappa shape index (κ1) is 13.0. The number of hydrogen-bond donors (Lipinski definition) is 0. The average molecular weight is 274 g/mol. The minimum atomic E-state index is 0.905. The molecule has 0 bridgehead atoms. The van der Waals surface area contributed by atoms with Gasteiger partial charge in [-0.05, 0) is 46.9 Å². The third-order valence-corrected chi connectivity index (χ3v) is 5.34. The summed E-state index contributed by atoms with van der Waals surface area (Å²) in [5.41, 5.74) is 1.55. The van der Waals surface area contributed by atoms with Crippen LogP contribution in [0.25, 0.3) is 10.1 Å². The van der Waals surface area contributed by atoms with Crippen LogP contribution >= 0.6 is 11.3 Å². The molecule has 0 aliphatic heterocycles. The SMILES string of the molecule is COc1ccc2c(CC3CCCCCC3)csc2c1. The summed E-state index contributed by atoms with van der Waals surface area (Å²) in [6.45, 7) is 0. The Kier molecular flexibility index (Phi) is 4.07. The van der Waals surface area contributed by atoms with Crippen LogP contribution in [0.2, 0.25) is 0 Å². The Morgan fingerprint density at radius 1 is 1.16 bits per heavy atom. The summed E-state index contributed by atoms with van der Waals surface area (Å²) in [5, 5.41) is 3.80. The van der Waals surface area contributed by atoms with Crippen molar-refractivity contribution in [1.29, 1.82) is 0 Å². The van der Waals surface area contributed by atoms with Crippen LogP contribution in [0.5, 0.6) is 5.75 Å². The first-order valence-electron chi connectivity index (χ1n) is 7.41. The molecule has 1 aliphatic carbocycles. The normalized spacial score (nSPS) is 17.5. The van der Waals surface area contributed by atoms with Gasteiger partial charge in [-0.15, -0.1) is 11.3 Å². The van der Waals surface area contributed by atoms with E-state index in [-0.39, 0.29) is 0 Å². The van der Waals surface area contributed by atoms with E-state index in [1.54, 1.807) is 12.7 Å². The summed E-state index contributed by atoms with van der Waals surface area (Å²) in [7, 11) is 1.74. The van der Waals surface area contributed by atoms with E-state index in [1.165, 1.54) is 55.0 Å². The van der Waals surface area contributed by atoms with Gasteiger partial charge in [0.25, 0.3) is 0 Å². The molecule has 102 valence electrons. The molecule has 0 spiro atoms. The molecular weight excluding hydrogens is 252 g/mol. The molecule has 2 heteroatoms. The largest absolute Gasteiger partial charge is 0.497 e. The van der Waals surface area contributed by atoms with Crippen molar-refractivity contribution in [2.45, 2.75) is 44.9 Å². The highest BCUT2D eigenvalue weighted by Crippen LogP contribution is 2.33. The molecule has 1 aromatic heterocycles. The van der Waals surface area contributed by atoms with Crippen molar-refractivity contribution in [3.05, 3.63) is 29.1 Å². The number of benzene rings is 1. The highest BCUT2D eigenvalue weighted by Gasteiger charge is 2.15. The van der Waals surface area contributed by atoms with Gasteiger partial charge in [0, 0.05) is 4.70 Å². The minimum absolute atomic E-state index is 0.905. The molecule has 3 rings (SSSR count). The highest BCUT2D eigenvalue weighted by atomic mass is 32.1. The maximum absolute atomic E-state index is 5.30. The summed E-state index contributed by atoms with van der Waals surface area (Å²) in [6.07, 6.45) is 9.87. The van der Waals surface area contributed by atoms with Crippen molar-refractivity contribution in [3.63, 3.8) is 0 Å². The van der Waals surface area contributed by atoms with Crippen LogP contribution in [0, 0.1) is 5.92 Å². The van der Waals surface area contributed by atoms with Crippen LogP contribution in [0.1, 0.15) is 44.1 Å². The van der Waals surface area contributed by atoms with E-state index in [2.05, 4.69) is 23.6 Å². The molecule has 1 saturated carbocycles. The Morgan fingerprint density at radius 2 is 1.95 bits per heavy atom. The smallest absolute Gasteiger partial charge is 0.120 e. The Labute approximate surface area is 119 Å². The molecule has 0 atom stereocenters. The van der Waals surface area contributed by atoms with Gasteiger partial charge in [0.05, 0.1) is 7.11 Å². The van der Waals surface area contributed by atoms with E-state index in [4.69, 9.17) is 4.74 Å². The fourth-order valence-electron chi connectivity index (χ4n) is 3.23. The predicted molar refractivity (Wildman–Crippen MR) is 83.3 cm³/mol. The second kappa shape index (κ2) is 5.96. The van der Waals surface area contributed by atoms with Gasteiger partial charge in [-0.1, -0.05) is 38.5 Å². The van der Waals surface area contributed by atoms with E-state index >= 15 is 0 Å². The van der Waals surface area contributed by atoms with Gasteiger partial charge in [0.2, 0.25) is 0 Å². The van der Waals surface area contributed by atoms with Gasteiger partial charge in [0.1, 0.15) is 5.75 Å². The van der Waals surface area contributed by atoms with Crippen LogP contribution in [0.4, 0.5) is 0 Å². The van der Waals surface area contributed by atoms with E-state index in [9.17, 15) is 0 Å². The van der Waals surface area contributed by atoms with Crippen molar-refractivity contribution >= 4 is 21.4 Å². The second-order valence-electron chi connectivity index (χ2n) is 5.68. The van der Waals surface area contributed by atoms with Crippen LogP contribution in [0.3, 0.4) is 0 Å². The number of hydrogen-bond acceptors (Lipinski definition) is 2. The lowest BCUT2D eigenvalue weighted by Gasteiger charge is -2.13. The molecule has 0 radical (unpaired) electrons. The summed E-state index contributed by atoms with van der Waals surface area (Å²) < 4.78 is 6.67. The molecule has 2 aromatic rings. The molecule has 0 unspecified atom stereocenters. The van der Waals surface area contributed by atoms with E-state index in [0.29, 0.717) is 0 Å². The van der Waals surface area contributed by atoms with Crippen molar-refractivity contribution in [1.82, 2.24) is 0 Å². The third-order valence-electron chi connectivity index (χ3n) is 4.35. The number of methoxy groups -OCH3 is 1. The molecule has 19 heavy (non-hydrogen) atoms. The molecule has 1 fully saturated rings. The zero-order valence-electron chi connectivity index (χ0n) is 11.7. The maximum atomic E-state index is 5.30. The molecule has 1 aliphatic rings. The summed E-state index contributed by atoms with van der Waals surface area (Å²) >= 11 is 1.86. The topological polar surface area (TPSA) is 9.23 Å². The van der Waals surface area contributed by atoms with E-state index in [1.807, 2.05) is 11.3 Å². The standard InChI is InChI=1S/C17H22OS/c1-18-15-8-9-16-14(12-19-17(16)11-15)10-13-6-4-2-3-5-7-13/h8-9,11-13H,2-7,10H2,1H3. The van der Waals surface area contributed by atoms with E-state index in [0.717, 1.165) is 11.7 Å². The highest BCUT2D eigenvalue weighted by molar-refractivity contribution is 7.17. The Hall–Kier alpha value is -1.02. The van der Waals surface area contributed by atoms with Crippen LogP contribution < -0.4 is 4.74 Å². The van der Waals surface area contributed by atoms with Gasteiger partial charge in [-0.2, -0.15) is 0 Å². The molecule has 0 N–H and O–H groups in total. The van der Waals surface area contributed by atoms with Gasteiger partial charge < -0.3 is 4.74 Å². The lowest BCUT2D eigenvalue weighted by atomic mass is 9.92. The monoisotopic (exact) mass is 274 g/mol. The molecule has 0 amide bonds. The number of fused-ring (bicyclic) bond motifs is 1. The number of ether oxygens (including phenoxy) is 1. The molecule has 1 heterocycles. The summed E-state index contributed by atoms with van der Waals surface area (Å²) in [5.74, 6) is 1.87. The van der Waals surface area contributed by atoms with Crippen LogP contribution in [-0.4, -0.2) is 7.11 Å². The Morgan fingerprint density at radius 3 is 2.68 bits per heavy atom. The summed E-state index contributed by atoms with van der Waals surface area (Å²) in [6, 6.07) is 6.49. The van der Waals surface area contributed by atoms with Gasteiger partial charge in [-0.25, -0.2) is 0 Å². The van der Waals surface area contributed by atoms with Crippen molar-refractivity contribution in [3.8, 4) is 5.75 Å². The van der Waals surface area contributed by atoms with Gasteiger partial charge in [0.15, 0.2) is 0 Å². The Balaban J connectivity index is 1.80. The van der Waals surface area contributed by atoms with Gasteiger partial charge >= 0.3 is 0 Å². The van der Waals surface area contributed by atoms with Crippen molar-refractivity contribution in [2.75, 3.05) is 7.11 Å². The zero-order valence-corrected chi connectivity index (χ0v) is 12.5. The predicted octanol–water partition coefficient (Wildman–Crippen LogP) is 5.42. The average Bonchev–Trinajstić information content (AvgIpc) is 2.66. The van der Waals surface area contributed by atoms with Gasteiger partial charge in [-0.3, -0.25) is 0 Å². The first-order valence-corrected chi connectivity index (χ1v) is 8.29. The van der Waals surface area contributed by atoms with Crippen molar-refractivity contribution in [2.24, 2.45) is 5.92 Å². The molecule has 0 saturated heterocycles. The fourth-order valence-corrected chi connectivity index (χ4v) is 4.23. The minimum Gasteiger partial charge on any atom is -0.497 e. The van der Waals surface area contributed by atoms with Crippen LogP contribution in [0.15, 0.2) is 23.6 Å². The lowest BCUT2D eigenvalue weighted by molar-refractivity contribution is 0.415. The third kappa shape index (κ3) is 2.94. The number of rotatable bonds is 3. The first-order chi connectivity index (χ1) is 9.36.